The van der Waals surface area contributed by atoms with Gasteiger partial charge in [0.15, 0.2) is 5.82 Å². The van der Waals surface area contributed by atoms with Crippen molar-refractivity contribution in [1.29, 1.82) is 0 Å². The topological polar surface area (TPSA) is 112 Å². The lowest BCUT2D eigenvalue weighted by Crippen LogP contribution is -2.28. The number of rotatable bonds is 10. The van der Waals surface area contributed by atoms with Crippen molar-refractivity contribution in [2.45, 2.75) is 6.92 Å². The Hall–Kier alpha value is -4.66. The molecule has 11 heteroatoms. The minimum atomic E-state index is -0.402. The Bertz CT molecular complexity index is 1550. The molecule has 0 aliphatic heterocycles. The molecule has 1 aromatic carbocycles. The second kappa shape index (κ2) is 12.9. The monoisotopic (exact) mass is 541 g/mol. The van der Waals surface area contributed by atoms with Gasteiger partial charge in [0.05, 0.1) is 41.9 Å². The number of benzene rings is 1. The average Bonchev–Trinajstić information content (AvgIpc) is 3.28. The molecular weight excluding hydrogens is 506 g/mol. The van der Waals surface area contributed by atoms with Crippen LogP contribution < -0.4 is 25.6 Å². The van der Waals surface area contributed by atoms with E-state index in [0.717, 1.165) is 29.3 Å². The van der Waals surface area contributed by atoms with Gasteiger partial charge < -0.3 is 25.6 Å². The van der Waals surface area contributed by atoms with Crippen molar-refractivity contribution in [3.63, 3.8) is 0 Å². The molecule has 0 radical (unpaired) electrons. The molecule has 0 aliphatic carbocycles. The van der Waals surface area contributed by atoms with E-state index in [1.807, 2.05) is 85.8 Å². The summed E-state index contributed by atoms with van der Waals surface area (Å²) in [6.45, 7) is 3.93. The SMILES string of the molecule is CNCCN(C)c1cc(OC)c(Nc2nccc(-c3nc(C)c4ccccn34)n2)cc1NC(=O)C#CCN(C)C. The number of aromatic nitrogens is 4. The minimum absolute atomic E-state index is 0.362. The number of carbonyl (C=O) groups is 1. The van der Waals surface area contributed by atoms with Crippen molar-refractivity contribution in [2.75, 3.05) is 70.5 Å². The number of anilines is 4. The molecule has 0 aliphatic rings. The highest BCUT2D eigenvalue weighted by molar-refractivity contribution is 6.06. The normalized spacial score (nSPS) is 10.8. The molecule has 3 heterocycles. The van der Waals surface area contributed by atoms with Crippen molar-refractivity contribution in [3.8, 4) is 29.1 Å². The van der Waals surface area contributed by atoms with Crippen LogP contribution in [0.25, 0.3) is 17.0 Å². The molecule has 208 valence electrons. The first kappa shape index (κ1) is 28.4. The molecule has 0 atom stereocenters. The fourth-order valence-electron chi connectivity index (χ4n) is 4.12. The van der Waals surface area contributed by atoms with Crippen LogP contribution >= 0.6 is 0 Å². The fourth-order valence-corrected chi connectivity index (χ4v) is 4.12. The molecule has 0 bridgehead atoms. The molecule has 3 N–H and O–H groups in total. The van der Waals surface area contributed by atoms with Crippen molar-refractivity contribution < 1.29 is 9.53 Å². The number of ether oxygens (including phenoxy) is 1. The van der Waals surface area contributed by atoms with E-state index >= 15 is 0 Å². The summed E-state index contributed by atoms with van der Waals surface area (Å²) in [6, 6.07) is 11.5. The summed E-state index contributed by atoms with van der Waals surface area (Å²) >= 11 is 0. The maximum Gasteiger partial charge on any atom is 0.300 e. The van der Waals surface area contributed by atoms with Crippen LogP contribution in [0.3, 0.4) is 0 Å². The first-order valence-electron chi connectivity index (χ1n) is 12.9. The Balaban J connectivity index is 1.69. The highest BCUT2D eigenvalue weighted by Gasteiger charge is 2.17. The number of hydrogen-bond acceptors (Lipinski definition) is 9. The zero-order chi connectivity index (χ0) is 28.6. The molecule has 40 heavy (non-hydrogen) atoms. The third-order valence-electron chi connectivity index (χ3n) is 6.14. The van der Waals surface area contributed by atoms with E-state index in [-0.39, 0.29) is 0 Å². The number of aryl methyl sites for hydroxylation is 1. The van der Waals surface area contributed by atoms with Gasteiger partial charge in [-0.25, -0.2) is 15.0 Å². The van der Waals surface area contributed by atoms with Gasteiger partial charge in [-0.2, -0.15) is 0 Å². The standard InChI is InChI=1S/C29H35N9O2/c1-20-24-10-7-8-16-38(24)28(32-20)21-12-13-31-29(34-21)35-23-18-22(33-27(39)11-9-15-36(3)4)25(19-26(23)40-6)37(5)17-14-30-2/h7-8,10,12-13,16,18-19,30H,14-15,17H2,1-6H3,(H,33,39)(H,31,34,35). The molecule has 3 aromatic heterocycles. The Labute approximate surface area is 234 Å². The van der Waals surface area contributed by atoms with Crippen molar-refractivity contribution in [2.24, 2.45) is 0 Å². The number of carbonyl (C=O) groups excluding carboxylic acids is 1. The molecule has 0 spiro atoms. The van der Waals surface area contributed by atoms with Gasteiger partial charge in [0.25, 0.3) is 5.91 Å². The molecule has 11 nitrogen and oxygen atoms in total. The third-order valence-corrected chi connectivity index (χ3v) is 6.14. The fraction of sp³-hybridized carbons (Fsp3) is 0.310. The van der Waals surface area contributed by atoms with E-state index < -0.39 is 5.91 Å². The predicted octanol–water partition coefficient (Wildman–Crippen LogP) is 3.01. The molecule has 1 amide bonds. The summed E-state index contributed by atoms with van der Waals surface area (Å²) in [6.07, 6.45) is 3.64. The van der Waals surface area contributed by atoms with Gasteiger partial charge in [-0.05, 0) is 58.3 Å². The van der Waals surface area contributed by atoms with E-state index in [1.54, 1.807) is 19.4 Å². The second-order valence-corrected chi connectivity index (χ2v) is 9.46. The summed E-state index contributed by atoms with van der Waals surface area (Å²) in [7, 11) is 9.24. The summed E-state index contributed by atoms with van der Waals surface area (Å²) in [5, 5.41) is 9.34. The molecule has 4 rings (SSSR count). The van der Waals surface area contributed by atoms with Gasteiger partial charge in [-0.1, -0.05) is 12.0 Å². The number of nitrogens with zero attached hydrogens (tertiary/aromatic N) is 6. The van der Waals surface area contributed by atoms with Crippen LogP contribution in [0.1, 0.15) is 5.69 Å². The average molecular weight is 542 g/mol. The van der Waals surface area contributed by atoms with Gasteiger partial charge in [-0.3, -0.25) is 14.1 Å². The van der Waals surface area contributed by atoms with Crippen molar-refractivity contribution in [1.82, 2.24) is 29.6 Å². The maximum absolute atomic E-state index is 12.7. The Morgan fingerprint density at radius 2 is 1.95 bits per heavy atom. The molecule has 0 fully saturated rings. The zero-order valence-electron chi connectivity index (χ0n) is 23.7. The lowest BCUT2D eigenvalue weighted by Gasteiger charge is -2.24. The summed E-state index contributed by atoms with van der Waals surface area (Å²) in [5.41, 5.74) is 4.55. The number of nitrogens with one attached hydrogen (secondary N) is 3. The van der Waals surface area contributed by atoms with Crippen LogP contribution in [0.5, 0.6) is 5.75 Å². The maximum atomic E-state index is 12.7. The molecule has 0 unspecified atom stereocenters. The number of amides is 1. The van der Waals surface area contributed by atoms with E-state index in [9.17, 15) is 4.79 Å². The number of hydrogen-bond donors (Lipinski definition) is 3. The van der Waals surface area contributed by atoms with E-state index in [1.165, 1.54) is 0 Å². The predicted molar refractivity (Wildman–Crippen MR) is 159 cm³/mol. The number of pyridine rings is 1. The van der Waals surface area contributed by atoms with Crippen LogP contribution in [-0.4, -0.2) is 85.1 Å². The van der Waals surface area contributed by atoms with Crippen LogP contribution in [0.2, 0.25) is 0 Å². The Morgan fingerprint density at radius 1 is 1.12 bits per heavy atom. The Kier molecular flexibility index (Phi) is 9.16. The number of methoxy groups -OCH3 is 1. The van der Waals surface area contributed by atoms with E-state index in [4.69, 9.17) is 14.7 Å². The molecule has 0 saturated carbocycles. The number of fused-ring (bicyclic) bond motifs is 1. The number of likely N-dealkylation sites (N-methyl/N-ethyl adjacent to an activating group) is 2. The quantitative estimate of drug-likeness (QED) is 0.261. The van der Waals surface area contributed by atoms with Crippen LogP contribution in [0.4, 0.5) is 23.0 Å². The van der Waals surface area contributed by atoms with Crippen LogP contribution in [0, 0.1) is 18.8 Å². The first-order chi connectivity index (χ1) is 19.3. The highest BCUT2D eigenvalue weighted by Crippen LogP contribution is 2.38. The van der Waals surface area contributed by atoms with Gasteiger partial charge in [0.1, 0.15) is 11.4 Å². The molecule has 0 saturated heterocycles. The minimum Gasteiger partial charge on any atom is -0.494 e. The second-order valence-electron chi connectivity index (χ2n) is 9.46. The van der Waals surface area contributed by atoms with Crippen LogP contribution in [-0.2, 0) is 4.79 Å². The third kappa shape index (κ3) is 6.66. The zero-order valence-corrected chi connectivity index (χ0v) is 23.7. The summed E-state index contributed by atoms with van der Waals surface area (Å²) < 4.78 is 7.72. The lowest BCUT2D eigenvalue weighted by molar-refractivity contribution is -0.111. The van der Waals surface area contributed by atoms with E-state index in [2.05, 4.69) is 32.8 Å². The van der Waals surface area contributed by atoms with Gasteiger partial charge in [0.2, 0.25) is 5.95 Å². The summed E-state index contributed by atoms with van der Waals surface area (Å²) in [4.78, 5) is 30.5. The van der Waals surface area contributed by atoms with Gasteiger partial charge in [-0.15, -0.1) is 0 Å². The van der Waals surface area contributed by atoms with Crippen LogP contribution in [0.15, 0.2) is 48.8 Å². The smallest absolute Gasteiger partial charge is 0.300 e. The largest absolute Gasteiger partial charge is 0.494 e. The van der Waals surface area contributed by atoms with Crippen molar-refractivity contribution >= 4 is 34.4 Å². The summed E-state index contributed by atoms with van der Waals surface area (Å²) in [5.74, 6) is 6.77. The molecule has 4 aromatic rings. The lowest BCUT2D eigenvalue weighted by atomic mass is 10.2. The number of imidazole rings is 1. The van der Waals surface area contributed by atoms with Gasteiger partial charge >= 0.3 is 0 Å². The molecular formula is C29H35N9O2. The van der Waals surface area contributed by atoms with Crippen molar-refractivity contribution in [3.05, 3.63) is 54.5 Å². The first-order valence-corrected chi connectivity index (χ1v) is 12.9. The Morgan fingerprint density at radius 3 is 2.70 bits per heavy atom. The van der Waals surface area contributed by atoms with E-state index in [0.29, 0.717) is 41.9 Å². The van der Waals surface area contributed by atoms with Gasteiger partial charge in [0, 0.05) is 38.6 Å². The highest BCUT2D eigenvalue weighted by atomic mass is 16.5.